The lowest BCUT2D eigenvalue weighted by atomic mass is 10.2. The van der Waals surface area contributed by atoms with Crippen molar-refractivity contribution >= 4 is 27.1 Å². The van der Waals surface area contributed by atoms with E-state index in [1.54, 1.807) is 12.1 Å². The molecule has 102 valence electrons. The lowest BCUT2D eigenvalue weighted by Crippen LogP contribution is -2.14. The zero-order valence-corrected chi connectivity index (χ0v) is 12.1. The maximum Gasteiger partial charge on any atom is 0.149 e. The number of nitrogens with one attached hydrogen (secondary N) is 1. The Morgan fingerprint density at radius 3 is 2.33 bits per heavy atom. The zero-order valence-electron chi connectivity index (χ0n) is 10.5. The molecule has 0 heterocycles. The highest BCUT2D eigenvalue weighted by atomic mass is 35.5. The molecule has 1 rings (SSSR count). The highest BCUT2D eigenvalue weighted by Gasteiger charge is 2.10. The maximum atomic E-state index is 11.0. The molecule has 0 unspecified atom stereocenters. The number of ether oxygens (including phenoxy) is 2. The largest absolute Gasteiger partial charge is 0.495 e. The smallest absolute Gasteiger partial charge is 0.149 e. The molecule has 0 spiro atoms. The standard InChI is InChI=1S/C11H16ClNO4S/c1-16-10-7-9(11(17-2)6-8(10)12)13-4-5-18(3,14)15/h6-7,13H,4-5H2,1-3H3. The molecule has 0 saturated carbocycles. The highest BCUT2D eigenvalue weighted by Crippen LogP contribution is 2.35. The molecule has 0 aliphatic carbocycles. The number of methoxy groups -OCH3 is 2. The van der Waals surface area contributed by atoms with Crippen LogP contribution in [0.15, 0.2) is 12.1 Å². The molecule has 0 atom stereocenters. The molecule has 5 nitrogen and oxygen atoms in total. The summed E-state index contributed by atoms with van der Waals surface area (Å²) in [6, 6.07) is 3.28. The minimum absolute atomic E-state index is 0.0428. The average molecular weight is 294 g/mol. The Labute approximate surface area is 112 Å². The fourth-order valence-corrected chi connectivity index (χ4v) is 2.07. The van der Waals surface area contributed by atoms with Crippen molar-refractivity contribution in [3.63, 3.8) is 0 Å². The Balaban J connectivity index is 2.86. The van der Waals surface area contributed by atoms with Crippen molar-refractivity contribution in [2.24, 2.45) is 0 Å². The monoisotopic (exact) mass is 293 g/mol. The van der Waals surface area contributed by atoms with Gasteiger partial charge in [-0.25, -0.2) is 8.42 Å². The fourth-order valence-electron chi connectivity index (χ4n) is 1.37. The molecule has 0 aromatic heterocycles. The van der Waals surface area contributed by atoms with Gasteiger partial charge in [-0.1, -0.05) is 11.6 Å². The topological polar surface area (TPSA) is 64.6 Å². The first-order chi connectivity index (χ1) is 8.37. The number of halogens is 1. The number of anilines is 1. The van der Waals surface area contributed by atoms with Crippen LogP contribution in [0.4, 0.5) is 5.69 Å². The van der Waals surface area contributed by atoms with Crippen LogP contribution < -0.4 is 14.8 Å². The molecular formula is C11H16ClNO4S. The lowest BCUT2D eigenvalue weighted by molar-refractivity contribution is 0.405. The van der Waals surface area contributed by atoms with Crippen molar-refractivity contribution in [3.8, 4) is 11.5 Å². The molecule has 0 bridgehead atoms. The summed E-state index contributed by atoms with van der Waals surface area (Å²) in [5.74, 6) is 1.08. The van der Waals surface area contributed by atoms with Crippen molar-refractivity contribution in [2.45, 2.75) is 0 Å². The van der Waals surface area contributed by atoms with E-state index in [9.17, 15) is 8.42 Å². The summed E-state index contributed by atoms with van der Waals surface area (Å²) in [6.07, 6.45) is 1.19. The summed E-state index contributed by atoms with van der Waals surface area (Å²) in [5, 5.41) is 3.41. The Hall–Kier alpha value is -1.14. The summed E-state index contributed by atoms with van der Waals surface area (Å²) in [7, 11) is 0.0234. The van der Waals surface area contributed by atoms with Gasteiger partial charge in [-0.3, -0.25) is 0 Å². The predicted molar refractivity (Wildman–Crippen MR) is 72.8 cm³/mol. The molecule has 18 heavy (non-hydrogen) atoms. The van der Waals surface area contributed by atoms with Crippen LogP contribution in [-0.4, -0.2) is 41.2 Å². The predicted octanol–water partition coefficient (Wildman–Crippen LogP) is 1.81. The van der Waals surface area contributed by atoms with E-state index < -0.39 is 9.84 Å². The second-order valence-electron chi connectivity index (χ2n) is 3.74. The van der Waals surface area contributed by atoms with E-state index in [0.29, 0.717) is 28.8 Å². The van der Waals surface area contributed by atoms with Crippen LogP contribution in [0, 0.1) is 0 Å². The fraction of sp³-hybridized carbons (Fsp3) is 0.455. The van der Waals surface area contributed by atoms with Gasteiger partial charge in [0.2, 0.25) is 0 Å². The van der Waals surface area contributed by atoms with Gasteiger partial charge >= 0.3 is 0 Å². The van der Waals surface area contributed by atoms with Crippen molar-refractivity contribution in [1.29, 1.82) is 0 Å². The molecule has 0 radical (unpaired) electrons. The second-order valence-corrected chi connectivity index (χ2v) is 6.41. The van der Waals surface area contributed by atoms with E-state index in [0.717, 1.165) is 0 Å². The molecule has 7 heteroatoms. The van der Waals surface area contributed by atoms with Crippen LogP contribution in [0.1, 0.15) is 0 Å². The summed E-state index contributed by atoms with van der Waals surface area (Å²) in [4.78, 5) is 0. The molecule has 1 N–H and O–H groups in total. The van der Waals surface area contributed by atoms with E-state index in [1.807, 2.05) is 0 Å². The number of rotatable bonds is 6. The molecule has 0 aliphatic heterocycles. The molecule has 0 saturated heterocycles. The first-order valence-corrected chi connectivity index (χ1v) is 7.64. The van der Waals surface area contributed by atoms with E-state index in [2.05, 4.69) is 5.32 Å². The maximum absolute atomic E-state index is 11.0. The van der Waals surface area contributed by atoms with Gasteiger partial charge in [0.1, 0.15) is 21.3 Å². The highest BCUT2D eigenvalue weighted by molar-refractivity contribution is 7.90. The number of sulfone groups is 1. The van der Waals surface area contributed by atoms with E-state index in [4.69, 9.17) is 21.1 Å². The second kappa shape index (κ2) is 6.15. The quantitative estimate of drug-likeness (QED) is 0.866. The van der Waals surface area contributed by atoms with Gasteiger partial charge in [0.05, 0.1) is 30.7 Å². The van der Waals surface area contributed by atoms with Crippen LogP contribution in [0.2, 0.25) is 5.02 Å². The average Bonchev–Trinajstić information content (AvgIpc) is 2.28. The summed E-state index contributed by atoms with van der Waals surface area (Å²) < 4.78 is 32.3. The van der Waals surface area contributed by atoms with Crippen molar-refractivity contribution < 1.29 is 17.9 Å². The van der Waals surface area contributed by atoms with Crippen LogP contribution in [0.3, 0.4) is 0 Å². The summed E-state index contributed by atoms with van der Waals surface area (Å²) in [5.41, 5.74) is 0.641. The molecule has 1 aromatic rings. The van der Waals surface area contributed by atoms with E-state index in [-0.39, 0.29) is 5.75 Å². The van der Waals surface area contributed by atoms with E-state index in [1.165, 1.54) is 20.5 Å². The van der Waals surface area contributed by atoms with Gasteiger partial charge in [-0.15, -0.1) is 0 Å². The molecular weight excluding hydrogens is 278 g/mol. The van der Waals surface area contributed by atoms with Gasteiger partial charge in [0.25, 0.3) is 0 Å². The SMILES string of the molecule is COc1cc(NCCS(C)(=O)=O)c(OC)cc1Cl. The van der Waals surface area contributed by atoms with Crippen LogP contribution >= 0.6 is 11.6 Å². The van der Waals surface area contributed by atoms with E-state index >= 15 is 0 Å². The minimum atomic E-state index is -3.00. The Morgan fingerprint density at radius 2 is 1.83 bits per heavy atom. The number of hydrogen-bond donors (Lipinski definition) is 1. The van der Waals surface area contributed by atoms with Gasteiger partial charge in [-0.05, 0) is 0 Å². The Morgan fingerprint density at radius 1 is 1.22 bits per heavy atom. The number of hydrogen-bond acceptors (Lipinski definition) is 5. The minimum Gasteiger partial charge on any atom is -0.495 e. The van der Waals surface area contributed by atoms with Crippen molar-refractivity contribution in [3.05, 3.63) is 17.2 Å². The normalized spacial score (nSPS) is 11.1. The van der Waals surface area contributed by atoms with Crippen LogP contribution in [0.25, 0.3) is 0 Å². The van der Waals surface area contributed by atoms with Gasteiger partial charge in [-0.2, -0.15) is 0 Å². The lowest BCUT2D eigenvalue weighted by Gasteiger charge is -2.13. The van der Waals surface area contributed by atoms with Crippen LogP contribution in [0.5, 0.6) is 11.5 Å². The third kappa shape index (κ3) is 4.27. The zero-order chi connectivity index (χ0) is 13.8. The summed E-state index contributed by atoms with van der Waals surface area (Å²) in [6.45, 7) is 0.292. The first-order valence-electron chi connectivity index (χ1n) is 5.20. The van der Waals surface area contributed by atoms with Crippen molar-refractivity contribution in [1.82, 2.24) is 0 Å². The first kappa shape index (κ1) is 14.9. The third-order valence-electron chi connectivity index (χ3n) is 2.26. The van der Waals surface area contributed by atoms with Crippen molar-refractivity contribution in [2.75, 3.05) is 38.1 Å². The Bertz CT molecular complexity index is 516. The molecule has 0 fully saturated rings. The van der Waals surface area contributed by atoms with Gasteiger partial charge in [0.15, 0.2) is 0 Å². The molecule has 0 amide bonds. The molecule has 0 aliphatic rings. The molecule has 1 aromatic carbocycles. The van der Waals surface area contributed by atoms with Crippen LogP contribution in [-0.2, 0) is 9.84 Å². The third-order valence-corrected chi connectivity index (χ3v) is 3.50. The van der Waals surface area contributed by atoms with Gasteiger partial charge < -0.3 is 14.8 Å². The number of benzene rings is 1. The summed E-state index contributed by atoms with van der Waals surface area (Å²) >= 11 is 5.96. The van der Waals surface area contributed by atoms with Gasteiger partial charge in [0, 0.05) is 24.9 Å². The Kier molecular flexibility index (Phi) is 5.10.